The third-order valence-corrected chi connectivity index (χ3v) is 7.36. The van der Waals surface area contributed by atoms with Crippen molar-refractivity contribution in [2.24, 2.45) is 17.8 Å². The fourth-order valence-corrected chi connectivity index (χ4v) is 5.32. The van der Waals surface area contributed by atoms with Crippen LogP contribution < -0.4 is 10.6 Å². The molecule has 8 nitrogen and oxygen atoms in total. The van der Waals surface area contributed by atoms with Crippen LogP contribution in [-0.2, 0) is 11.3 Å². The Balaban J connectivity index is 2.26. The summed E-state index contributed by atoms with van der Waals surface area (Å²) in [5.41, 5.74) is 2.45. The summed E-state index contributed by atoms with van der Waals surface area (Å²) < 4.78 is 0. The average Bonchev–Trinajstić information content (AvgIpc) is 2.94. The Hall–Kier alpha value is -3.23. The van der Waals surface area contributed by atoms with Gasteiger partial charge in [-0.1, -0.05) is 71.9 Å². The van der Waals surface area contributed by atoms with Gasteiger partial charge in [0.25, 0.3) is 11.8 Å². The van der Waals surface area contributed by atoms with Crippen molar-refractivity contribution in [3.05, 3.63) is 70.8 Å². The Labute approximate surface area is 251 Å². The summed E-state index contributed by atoms with van der Waals surface area (Å²) in [4.78, 5) is 41.7. The molecule has 4 N–H and O–H groups in total. The van der Waals surface area contributed by atoms with Gasteiger partial charge >= 0.3 is 0 Å². The van der Waals surface area contributed by atoms with E-state index >= 15 is 0 Å². The number of hydrogen-bond acceptors (Lipinski definition) is 5. The van der Waals surface area contributed by atoms with E-state index in [4.69, 9.17) is 0 Å². The number of benzene rings is 2. The van der Waals surface area contributed by atoms with Gasteiger partial charge in [-0.15, -0.1) is 0 Å². The second kappa shape index (κ2) is 17.0. The molecule has 42 heavy (non-hydrogen) atoms. The number of aryl methyl sites for hydroxylation is 1. The van der Waals surface area contributed by atoms with Crippen LogP contribution in [0, 0.1) is 24.7 Å². The second-order valence-electron chi connectivity index (χ2n) is 12.0. The molecular weight excluding hydrogens is 530 g/mol. The number of rotatable bonds is 16. The molecule has 3 amide bonds. The summed E-state index contributed by atoms with van der Waals surface area (Å²) in [5.74, 6) is -1.99. The van der Waals surface area contributed by atoms with Gasteiger partial charge in [0.15, 0.2) is 0 Å². The van der Waals surface area contributed by atoms with E-state index in [1.165, 1.54) is 0 Å². The number of aliphatic hydroxyl groups is 2. The molecule has 0 aliphatic rings. The van der Waals surface area contributed by atoms with Gasteiger partial charge in [-0.05, 0) is 67.3 Å². The molecule has 0 spiro atoms. The zero-order valence-corrected chi connectivity index (χ0v) is 26.4. The van der Waals surface area contributed by atoms with Crippen LogP contribution in [0.15, 0.2) is 48.5 Å². The number of amides is 3. The van der Waals surface area contributed by atoms with E-state index in [-0.39, 0.29) is 23.7 Å². The van der Waals surface area contributed by atoms with Crippen LogP contribution in [0.1, 0.15) is 92.6 Å². The van der Waals surface area contributed by atoms with E-state index < -0.39 is 30.1 Å². The lowest BCUT2D eigenvalue weighted by atomic mass is 9.83. The van der Waals surface area contributed by atoms with Crippen molar-refractivity contribution in [2.75, 3.05) is 13.1 Å². The van der Waals surface area contributed by atoms with Crippen molar-refractivity contribution in [3.63, 3.8) is 0 Å². The lowest BCUT2D eigenvalue weighted by Crippen LogP contribution is -2.54. The van der Waals surface area contributed by atoms with Crippen LogP contribution in [0.5, 0.6) is 0 Å². The van der Waals surface area contributed by atoms with Crippen LogP contribution in [0.25, 0.3) is 0 Å². The van der Waals surface area contributed by atoms with Gasteiger partial charge in [0, 0.05) is 30.8 Å². The van der Waals surface area contributed by atoms with Crippen LogP contribution in [0.3, 0.4) is 0 Å². The zero-order valence-electron chi connectivity index (χ0n) is 26.4. The zero-order chi connectivity index (χ0) is 31.4. The lowest BCUT2D eigenvalue weighted by molar-refractivity contribution is -0.136. The molecule has 0 saturated heterocycles. The van der Waals surface area contributed by atoms with Crippen molar-refractivity contribution < 1.29 is 24.6 Å². The van der Waals surface area contributed by atoms with Gasteiger partial charge in [-0.25, -0.2) is 0 Å². The summed E-state index contributed by atoms with van der Waals surface area (Å²) in [6, 6.07) is 13.7. The molecule has 0 heterocycles. The van der Waals surface area contributed by atoms with Crippen LogP contribution in [0.4, 0.5) is 0 Å². The maximum atomic E-state index is 13.5. The molecule has 2 aromatic rings. The van der Waals surface area contributed by atoms with Crippen LogP contribution in [-0.4, -0.2) is 64.2 Å². The molecule has 0 saturated carbocycles. The Bertz CT molecular complexity index is 1150. The lowest BCUT2D eigenvalue weighted by Gasteiger charge is -2.34. The van der Waals surface area contributed by atoms with Crippen molar-refractivity contribution in [3.8, 4) is 0 Å². The average molecular weight is 582 g/mol. The van der Waals surface area contributed by atoms with E-state index in [9.17, 15) is 24.6 Å². The minimum atomic E-state index is -1.41. The first kappa shape index (κ1) is 35.0. The highest BCUT2D eigenvalue weighted by Gasteiger charge is 2.38. The van der Waals surface area contributed by atoms with Crippen molar-refractivity contribution in [1.82, 2.24) is 15.5 Å². The predicted octanol–water partition coefficient (Wildman–Crippen LogP) is 4.71. The van der Waals surface area contributed by atoms with Crippen LogP contribution >= 0.6 is 0 Å². The van der Waals surface area contributed by atoms with E-state index in [1.807, 2.05) is 78.8 Å². The maximum Gasteiger partial charge on any atom is 0.253 e. The smallest absolute Gasteiger partial charge is 0.253 e. The van der Waals surface area contributed by atoms with Gasteiger partial charge in [-0.3, -0.25) is 14.4 Å². The molecule has 0 fully saturated rings. The fraction of sp³-hybridized carbons (Fsp3) is 0.559. The Morgan fingerprint density at radius 2 is 1.45 bits per heavy atom. The first-order valence-corrected chi connectivity index (χ1v) is 15.3. The third-order valence-electron chi connectivity index (χ3n) is 7.36. The molecule has 0 radical (unpaired) electrons. The number of carbonyl (C=O) groups is 3. The molecule has 0 bridgehead atoms. The van der Waals surface area contributed by atoms with Gasteiger partial charge in [0.1, 0.15) is 6.10 Å². The summed E-state index contributed by atoms with van der Waals surface area (Å²) in [5, 5.41) is 28.4. The molecule has 2 rings (SSSR count). The quantitative estimate of drug-likeness (QED) is 0.229. The molecule has 0 aliphatic carbocycles. The van der Waals surface area contributed by atoms with Gasteiger partial charge in [-0.2, -0.15) is 0 Å². The molecule has 0 aliphatic heterocycles. The number of carbonyl (C=O) groups excluding carboxylic acids is 3. The summed E-state index contributed by atoms with van der Waals surface area (Å²) in [6.07, 6.45) is -0.732. The second-order valence-corrected chi connectivity index (χ2v) is 12.0. The van der Waals surface area contributed by atoms with E-state index in [0.717, 1.165) is 24.0 Å². The van der Waals surface area contributed by atoms with Crippen molar-refractivity contribution in [2.45, 2.75) is 92.5 Å². The number of nitrogens with one attached hydrogen (secondary N) is 2. The third kappa shape index (κ3) is 10.2. The molecule has 4 atom stereocenters. The van der Waals surface area contributed by atoms with Crippen molar-refractivity contribution >= 4 is 17.7 Å². The Morgan fingerprint density at radius 1 is 0.857 bits per heavy atom. The largest absolute Gasteiger partial charge is 0.390 e. The molecule has 2 aromatic carbocycles. The SMILES string of the molecule is CCCN(CCC)C(=O)c1cc(C)cc(C(=O)NC(CC(C)C)C(O)C(O)C(C(=O)NCc2ccccc2)C(C)C)c1. The molecule has 8 heteroatoms. The summed E-state index contributed by atoms with van der Waals surface area (Å²) in [7, 11) is 0. The van der Waals surface area contributed by atoms with Gasteiger partial charge in [0.05, 0.1) is 18.1 Å². The van der Waals surface area contributed by atoms with Crippen LogP contribution in [0.2, 0.25) is 0 Å². The highest BCUT2D eigenvalue weighted by atomic mass is 16.3. The van der Waals surface area contributed by atoms with E-state index in [0.29, 0.717) is 37.2 Å². The van der Waals surface area contributed by atoms with E-state index in [2.05, 4.69) is 10.6 Å². The molecular formula is C34H51N3O5. The predicted molar refractivity (Wildman–Crippen MR) is 167 cm³/mol. The fourth-order valence-electron chi connectivity index (χ4n) is 5.32. The van der Waals surface area contributed by atoms with Gasteiger partial charge in [0.2, 0.25) is 5.91 Å². The molecule has 232 valence electrons. The van der Waals surface area contributed by atoms with E-state index in [1.54, 1.807) is 23.1 Å². The number of hydrogen-bond donors (Lipinski definition) is 4. The number of nitrogens with zero attached hydrogens (tertiary/aromatic N) is 1. The topological polar surface area (TPSA) is 119 Å². The summed E-state index contributed by atoms with van der Waals surface area (Å²) in [6.45, 7) is 15.0. The maximum absolute atomic E-state index is 13.5. The normalized spacial score (nSPS) is 14.3. The highest BCUT2D eigenvalue weighted by molar-refractivity contribution is 6.00. The highest BCUT2D eigenvalue weighted by Crippen LogP contribution is 2.23. The molecule has 4 unspecified atom stereocenters. The number of aliphatic hydroxyl groups excluding tert-OH is 2. The summed E-state index contributed by atoms with van der Waals surface area (Å²) >= 11 is 0. The first-order valence-electron chi connectivity index (χ1n) is 15.3. The minimum Gasteiger partial charge on any atom is -0.390 e. The molecule has 0 aromatic heterocycles. The van der Waals surface area contributed by atoms with Crippen molar-refractivity contribution in [1.29, 1.82) is 0 Å². The minimum absolute atomic E-state index is 0.0906. The van der Waals surface area contributed by atoms with Gasteiger partial charge < -0.3 is 25.7 Å². The standard InChI is InChI=1S/C34H51N3O5/c1-8-15-37(16-9-2)34(42)27-19-24(7)18-26(20-27)32(40)36-28(17-22(3)4)30(38)31(39)29(23(5)6)33(41)35-21-25-13-11-10-12-14-25/h10-14,18-20,22-23,28-31,38-39H,8-9,15-17,21H2,1-7H3,(H,35,41)(H,36,40). The first-order chi connectivity index (χ1) is 19.9. The monoisotopic (exact) mass is 581 g/mol. The Morgan fingerprint density at radius 3 is 2.00 bits per heavy atom. The Kier molecular flexibility index (Phi) is 14.2.